The Labute approximate surface area is 184 Å². The van der Waals surface area contributed by atoms with Gasteiger partial charge in [0.2, 0.25) is 5.95 Å². The van der Waals surface area contributed by atoms with Crippen LogP contribution in [0.25, 0.3) is 11.3 Å². The van der Waals surface area contributed by atoms with Gasteiger partial charge in [-0.3, -0.25) is 0 Å². The predicted octanol–water partition coefficient (Wildman–Crippen LogP) is 4.75. The van der Waals surface area contributed by atoms with Crippen molar-refractivity contribution in [1.82, 2.24) is 15.3 Å². The van der Waals surface area contributed by atoms with Gasteiger partial charge in [-0.1, -0.05) is 24.3 Å². The van der Waals surface area contributed by atoms with E-state index in [1.165, 1.54) is 17.7 Å². The number of hydrogen-bond acceptors (Lipinski definition) is 5. The molecule has 0 radical (unpaired) electrons. The van der Waals surface area contributed by atoms with E-state index in [0.29, 0.717) is 0 Å². The summed E-state index contributed by atoms with van der Waals surface area (Å²) >= 11 is 0. The maximum absolute atomic E-state index is 12.4. The number of aryl methyl sites for hydroxylation is 1. The molecule has 1 saturated heterocycles. The Morgan fingerprint density at radius 1 is 1.03 bits per heavy atom. The molecule has 6 heteroatoms. The average Bonchev–Trinajstić information content (AvgIpc) is 3.10. The molecule has 0 spiro atoms. The molecule has 2 aromatic rings. The minimum atomic E-state index is -0.500. The monoisotopic (exact) mass is 420 g/mol. The number of amides is 1. The van der Waals surface area contributed by atoms with Crippen molar-refractivity contribution in [2.24, 2.45) is 0 Å². The SMILES string of the molecule is CC(C)(C)OC(=O)NC1(c2ccc(-c3nc(N4CCC4)nc4c3CCC4)cc2)CCC1. The summed E-state index contributed by atoms with van der Waals surface area (Å²) in [7, 11) is 0. The van der Waals surface area contributed by atoms with E-state index in [4.69, 9.17) is 14.7 Å². The fourth-order valence-electron chi connectivity index (χ4n) is 4.78. The maximum atomic E-state index is 12.4. The van der Waals surface area contributed by atoms with Gasteiger partial charge in [0, 0.05) is 29.9 Å². The lowest BCUT2D eigenvalue weighted by molar-refractivity contribution is 0.0377. The highest BCUT2D eigenvalue weighted by Crippen LogP contribution is 2.42. The molecule has 2 aliphatic carbocycles. The zero-order chi connectivity index (χ0) is 21.6. The van der Waals surface area contributed by atoms with Crippen LogP contribution in [-0.4, -0.2) is 34.8 Å². The van der Waals surface area contributed by atoms with Crippen molar-refractivity contribution in [2.75, 3.05) is 18.0 Å². The van der Waals surface area contributed by atoms with Gasteiger partial charge in [-0.25, -0.2) is 14.8 Å². The van der Waals surface area contributed by atoms with Gasteiger partial charge in [0.15, 0.2) is 0 Å². The maximum Gasteiger partial charge on any atom is 0.408 e. The lowest BCUT2D eigenvalue weighted by atomic mass is 9.71. The quantitative estimate of drug-likeness (QED) is 0.773. The molecule has 2 fully saturated rings. The fourth-order valence-corrected chi connectivity index (χ4v) is 4.78. The van der Waals surface area contributed by atoms with Crippen LogP contribution < -0.4 is 10.2 Å². The molecule has 1 aliphatic heterocycles. The van der Waals surface area contributed by atoms with Crippen LogP contribution >= 0.6 is 0 Å². The summed E-state index contributed by atoms with van der Waals surface area (Å²) in [6.07, 6.45) is 7.11. The standard InChI is InChI=1S/C25H32N4O2/c1-24(2,3)31-23(30)28-25(13-5-14-25)18-11-9-17(10-12-18)21-19-7-4-8-20(19)26-22(27-21)29-15-6-16-29/h9-12H,4-8,13-16H2,1-3H3,(H,28,30). The number of nitrogens with zero attached hydrogens (tertiary/aromatic N) is 3. The van der Waals surface area contributed by atoms with Crippen molar-refractivity contribution in [3.05, 3.63) is 41.1 Å². The molecular formula is C25H32N4O2. The molecule has 1 N–H and O–H groups in total. The van der Waals surface area contributed by atoms with Gasteiger partial charge in [-0.15, -0.1) is 0 Å². The highest BCUT2D eigenvalue weighted by Gasteiger charge is 2.41. The average molecular weight is 421 g/mol. The van der Waals surface area contributed by atoms with E-state index in [1.807, 2.05) is 20.8 Å². The molecule has 0 bridgehead atoms. The van der Waals surface area contributed by atoms with Crippen LogP contribution in [0.5, 0.6) is 0 Å². The van der Waals surface area contributed by atoms with E-state index < -0.39 is 5.60 Å². The molecule has 31 heavy (non-hydrogen) atoms. The normalized spacial score (nSPS) is 19.3. The second kappa shape index (κ2) is 7.50. The van der Waals surface area contributed by atoms with Gasteiger partial charge in [-0.05, 0) is 71.3 Å². The lowest BCUT2D eigenvalue weighted by Gasteiger charge is -2.43. The number of hydrogen-bond donors (Lipinski definition) is 1. The predicted molar refractivity (Wildman–Crippen MR) is 121 cm³/mol. The van der Waals surface area contributed by atoms with Crippen LogP contribution in [0.4, 0.5) is 10.7 Å². The number of carbonyl (C=O) groups excluding carboxylic acids is 1. The Hall–Kier alpha value is -2.63. The summed E-state index contributed by atoms with van der Waals surface area (Å²) in [4.78, 5) is 24.5. The number of alkyl carbamates (subject to hydrolysis) is 1. The third-order valence-corrected chi connectivity index (χ3v) is 6.72. The number of aromatic nitrogens is 2. The first-order valence-corrected chi connectivity index (χ1v) is 11.6. The Bertz CT molecular complexity index is 986. The van der Waals surface area contributed by atoms with Gasteiger partial charge in [0.25, 0.3) is 0 Å². The van der Waals surface area contributed by atoms with E-state index in [1.54, 1.807) is 0 Å². The van der Waals surface area contributed by atoms with Gasteiger partial charge < -0.3 is 15.0 Å². The second-order valence-electron chi connectivity index (χ2n) is 10.1. The molecule has 1 amide bonds. The highest BCUT2D eigenvalue weighted by atomic mass is 16.6. The number of carbonyl (C=O) groups is 1. The fraction of sp³-hybridized carbons (Fsp3) is 0.560. The molecule has 1 saturated carbocycles. The van der Waals surface area contributed by atoms with Crippen LogP contribution in [0.1, 0.15) is 69.7 Å². The first kappa shape index (κ1) is 20.3. The van der Waals surface area contributed by atoms with Crippen LogP contribution in [-0.2, 0) is 23.1 Å². The smallest absolute Gasteiger partial charge is 0.408 e. The summed E-state index contributed by atoms with van der Waals surface area (Å²) in [5.74, 6) is 0.882. The van der Waals surface area contributed by atoms with Crippen molar-refractivity contribution in [2.45, 2.75) is 76.9 Å². The lowest BCUT2D eigenvalue weighted by Crippen LogP contribution is -2.52. The van der Waals surface area contributed by atoms with Crippen LogP contribution in [0, 0.1) is 0 Å². The first-order valence-electron chi connectivity index (χ1n) is 11.6. The Morgan fingerprint density at radius 2 is 1.77 bits per heavy atom. The van der Waals surface area contributed by atoms with Crippen LogP contribution in [0.2, 0.25) is 0 Å². The van der Waals surface area contributed by atoms with Crippen LogP contribution in [0.3, 0.4) is 0 Å². The zero-order valence-corrected chi connectivity index (χ0v) is 18.8. The minimum absolute atomic E-state index is 0.322. The largest absolute Gasteiger partial charge is 0.444 e. The third-order valence-electron chi connectivity index (χ3n) is 6.72. The number of rotatable bonds is 4. The summed E-state index contributed by atoms with van der Waals surface area (Å²) in [6.45, 7) is 7.78. The minimum Gasteiger partial charge on any atom is -0.444 e. The summed E-state index contributed by atoms with van der Waals surface area (Å²) in [6, 6.07) is 8.62. The van der Waals surface area contributed by atoms with Crippen molar-refractivity contribution in [3.63, 3.8) is 0 Å². The molecule has 1 aromatic carbocycles. The summed E-state index contributed by atoms with van der Waals surface area (Å²) in [5.41, 5.74) is 5.07. The molecule has 0 unspecified atom stereocenters. The molecule has 5 rings (SSSR count). The molecule has 0 atom stereocenters. The summed E-state index contributed by atoms with van der Waals surface area (Å²) < 4.78 is 5.51. The zero-order valence-electron chi connectivity index (χ0n) is 18.8. The molecular weight excluding hydrogens is 388 g/mol. The van der Waals surface area contributed by atoms with E-state index >= 15 is 0 Å². The number of nitrogens with one attached hydrogen (secondary N) is 1. The Balaban J connectivity index is 1.41. The van der Waals surface area contributed by atoms with Gasteiger partial charge >= 0.3 is 6.09 Å². The number of anilines is 1. The highest BCUT2D eigenvalue weighted by molar-refractivity contribution is 5.70. The Morgan fingerprint density at radius 3 is 2.35 bits per heavy atom. The van der Waals surface area contributed by atoms with Gasteiger partial charge in [0.1, 0.15) is 5.60 Å². The van der Waals surface area contributed by atoms with Crippen molar-refractivity contribution in [3.8, 4) is 11.3 Å². The molecule has 3 aliphatic rings. The van der Waals surface area contributed by atoms with Crippen LogP contribution in [0.15, 0.2) is 24.3 Å². The van der Waals surface area contributed by atoms with E-state index in [2.05, 4.69) is 34.5 Å². The molecule has 164 valence electrons. The first-order chi connectivity index (χ1) is 14.8. The number of benzene rings is 1. The van der Waals surface area contributed by atoms with E-state index in [9.17, 15) is 4.79 Å². The second-order valence-corrected chi connectivity index (χ2v) is 10.1. The number of fused-ring (bicyclic) bond motifs is 1. The van der Waals surface area contributed by atoms with Crippen molar-refractivity contribution >= 4 is 12.0 Å². The van der Waals surface area contributed by atoms with Gasteiger partial charge in [0.05, 0.1) is 11.2 Å². The third kappa shape index (κ3) is 3.88. The van der Waals surface area contributed by atoms with Gasteiger partial charge in [-0.2, -0.15) is 0 Å². The number of ether oxygens (including phenoxy) is 1. The molecule has 6 nitrogen and oxygen atoms in total. The molecule has 1 aromatic heterocycles. The summed E-state index contributed by atoms with van der Waals surface area (Å²) in [5, 5.41) is 3.15. The Kier molecular flexibility index (Phi) is 4.91. The van der Waals surface area contributed by atoms with Crippen molar-refractivity contribution in [1.29, 1.82) is 0 Å². The van der Waals surface area contributed by atoms with E-state index in [-0.39, 0.29) is 11.6 Å². The molecule has 2 heterocycles. The topological polar surface area (TPSA) is 67.3 Å². The van der Waals surface area contributed by atoms with E-state index in [0.717, 1.165) is 74.4 Å². The van der Waals surface area contributed by atoms with Crippen molar-refractivity contribution < 1.29 is 9.53 Å².